The Hall–Kier alpha value is -0.330. The lowest BCUT2D eigenvalue weighted by Crippen LogP contribution is -2.29. The molecule has 0 fully saturated rings. The minimum absolute atomic E-state index is 0.0263. The monoisotopic (exact) mass is 340 g/mol. The van der Waals surface area contributed by atoms with Gasteiger partial charge in [-0.1, -0.05) is 25.4 Å². The van der Waals surface area contributed by atoms with Crippen LogP contribution >= 0.6 is 27.5 Å². The molecule has 0 saturated heterocycles. The second kappa shape index (κ2) is 5.54. The van der Waals surface area contributed by atoms with E-state index in [9.17, 15) is 8.42 Å². The summed E-state index contributed by atoms with van der Waals surface area (Å²) in [4.78, 5) is 3.92. The summed E-state index contributed by atoms with van der Waals surface area (Å²) in [7, 11) is -3.43. The molecule has 0 bridgehead atoms. The molecule has 1 rings (SSSR count). The molecule has 1 atom stereocenters. The average Bonchev–Trinajstić information content (AvgIpc) is 2.21. The molecule has 0 saturated carbocycles. The lowest BCUT2D eigenvalue weighted by molar-refractivity contribution is 0.550. The first-order valence-corrected chi connectivity index (χ1v) is 7.78. The molecule has 0 aliphatic rings. The number of rotatable bonds is 4. The lowest BCUT2D eigenvalue weighted by atomic mass is 10.2. The minimum Gasteiger partial charge on any atom is -0.281 e. The molecule has 1 aromatic heterocycles. The van der Waals surface area contributed by atoms with Crippen LogP contribution in [-0.4, -0.2) is 18.7 Å². The van der Waals surface area contributed by atoms with E-state index in [1.54, 1.807) is 6.92 Å². The highest BCUT2D eigenvalue weighted by Gasteiger charge is 2.24. The molecule has 1 unspecified atom stereocenters. The van der Waals surface area contributed by atoms with Crippen LogP contribution in [-0.2, 0) is 10.0 Å². The molecule has 0 aliphatic carbocycles. The molecule has 0 aromatic carbocycles. The summed E-state index contributed by atoms with van der Waals surface area (Å²) in [6.45, 7) is 5.38. The summed E-state index contributed by atoms with van der Waals surface area (Å²) in [5.41, 5.74) is 0.352. The molecular weight excluding hydrogens is 328 g/mol. The van der Waals surface area contributed by atoms with Crippen LogP contribution in [0, 0.1) is 5.92 Å². The van der Waals surface area contributed by atoms with E-state index in [-0.39, 0.29) is 5.92 Å². The fraction of sp³-hybridized carbons (Fsp3) is 0.500. The van der Waals surface area contributed by atoms with Crippen molar-refractivity contribution in [2.45, 2.75) is 26.0 Å². The van der Waals surface area contributed by atoms with Crippen LogP contribution in [0.15, 0.2) is 16.9 Å². The van der Waals surface area contributed by atoms with Gasteiger partial charge in [0.25, 0.3) is 0 Å². The van der Waals surface area contributed by atoms with Crippen molar-refractivity contribution in [3.8, 4) is 0 Å². The molecule has 17 heavy (non-hydrogen) atoms. The van der Waals surface area contributed by atoms with Gasteiger partial charge in [0.15, 0.2) is 0 Å². The van der Waals surface area contributed by atoms with Crippen molar-refractivity contribution < 1.29 is 8.42 Å². The molecule has 7 heteroatoms. The third-order valence-electron chi connectivity index (χ3n) is 2.49. The number of halogens is 2. The smallest absolute Gasteiger partial charge is 0.235 e. The summed E-state index contributed by atoms with van der Waals surface area (Å²) in [6.07, 6.45) is 1.44. The number of sulfonamides is 1. The maximum absolute atomic E-state index is 12.0. The van der Waals surface area contributed by atoms with E-state index in [1.807, 2.05) is 13.8 Å². The van der Waals surface area contributed by atoms with Crippen molar-refractivity contribution in [1.82, 2.24) is 4.98 Å². The third kappa shape index (κ3) is 3.82. The fourth-order valence-corrected chi connectivity index (χ4v) is 3.07. The first-order chi connectivity index (χ1) is 7.74. The Morgan fingerprint density at radius 2 is 2.00 bits per heavy atom. The van der Waals surface area contributed by atoms with Gasteiger partial charge < -0.3 is 0 Å². The van der Waals surface area contributed by atoms with Crippen molar-refractivity contribution in [2.75, 3.05) is 4.72 Å². The Balaban J connectivity index is 3.02. The number of nitrogens with zero attached hydrogens (tertiary/aromatic N) is 1. The van der Waals surface area contributed by atoms with Crippen LogP contribution in [0.4, 0.5) is 5.69 Å². The maximum Gasteiger partial charge on any atom is 0.235 e. The predicted molar refractivity (Wildman–Crippen MR) is 73.8 cm³/mol. The van der Waals surface area contributed by atoms with Crippen molar-refractivity contribution in [1.29, 1.82) is 0 Å². The second-order valence-electron chi connectivity index (χ2n) is 4.09. The molecular formula is C10H14BrClN2O2S. The van der Waals surface area contributed by atoms with E-state index in [2.05, 4.69) is 25.6 Å². The minimum atomic E-state index is -3.43. The summed E-state index contributed by atoms with van der Waals surface area (Å²) >= 11 is 8.94. The molecule has 0 radical (unpaired) electrons. The van der Waals surface area contributed by atoms with Gasteiger partial charge in [-0.05, 0) is 34.8 Å². The number of hydrogen-bond acceptors (Lipinski definition) is 3. The van der Waals surface area contributed by atoms with Crippen molar-refractivity contribution in [3.63, 3.8) is 0 Å². The van der Waals surface area contributed by atoms with Crippen molar-refractivity contribution in [3.05, 3.63) is 21.9 Å². The Labute approximate surface area is 115 Å². The van der Waals surface area contributed by atoms with Crippen molar-refractivity contribution >= 4 is 43.2 Å². The van der Waals surface area contributed by atoms with Gasteiger partial charge >= 0.3 is 0 Å². The van der Waals surface area contributed by atoms with Crippen molar-refractivity contribution in [2.24, 2.45) is 5.92 Å². The zero-order chi connectivity index (χ0) is 13.2. The number of aromatic nitrogens is 1. The highest BCUT2D eigenvalue weighted by Crippen LogP contribution is 2.25. The number of nitrogens with one attached hydrogen (secondary N) is 1. The Bertz CT molecular complexity index is 505. The second-order valence-corrected chi connectivity index (χ2v) is 7.31. The van der Waals surface area contributed by atoms with E-state index in [0.29, 0.717) is 15.3 Å². The summed E-state index contributed by atoms with van der Waals surface area (Å²) in [6, 6.07) is 1.52. The normalized spacial score (nSPS) is 13.8. The topological polar surface area (TPSA) is 59.1 Å². The van der Waals surface area contributed by atoms with Gasteiger partial charge in [0.05, 0.1) is 16.0 Å². The Morgan fingerprint density at radius 3 is 2.53 bits per heavy atom. The Kier molecular flexibility index (Phi) is 4.80. The Morgan fingerprint density at radius 1 is 1.41 bits per heavy atom. The summed E-state index contributed by atoms with van der Waals surface area (Å²) < 4.78 is 26.9. The van der Waals surface area contributed by atoms with E-state index < -0.39 is 15.3 Å². The molecule has 4 nitrogen and oxygen atoms in total. The van der Waals surface area contributed by atoms with Crippen LogP contribution in [0.1, 0.15) is 20.8 Å². The van der Waals surface area contributed by atoms with E-state index in [1.165, 1.54) is 12.3 Å². The van der Waals surface area contributed by atoms with E-state index in [4.69, 9.17) is 11.6 Å². The lowest BCUT2D eigenvalue weighted by Gasteiger charge is -2.18. The summed E-state index contributed by atoms with van der Waals surface area (Å²) in [5, 5.41) is -0.114. The molecule has 0 amide bonds. The zero-order valence-corrected chi connectivity index (χ0v) is 12.9. The molecule has 1 heterocycles. The molecule has 1 aromatic rings. The fourth-order valence-electron chi connectivity index (χ4n) is 1.10. The number of anilines is 1. The van der Waals surface area contributed by atoms with Gasteiger partial charge in [0.2, 0.25) is 10.0 Å². The van der Waals surface area contributed by atoms with Gasteiger partial charge in [-0.15, -0.1) is 0 Å². The zero-order valence-electron chi connectivity index (χ0n) is 9.74. The van der Waals surface area contributed by atoms with E-state index >= 15 is 0 Å². The molecule has 96 valence electrons. The van der Waals surface area contributed by atoms with E-state index in [0.717, 1.165) is 0 Å². The van der Waals surface area contributed by atoms with Crippen LogP contribution in [0.25, 0.3) is 0 Å². The molecule has 1 N–H and O–H groups in total. The number of hydrogen-bond donors (Lipinski definition) is 1. The van der Waals surface area contributed by atoms with Gasteiger partial charge in [-0.2, -0.15) is 0 Å². The van der Waals surface area contributed by atoms with Gasteiger partial charge in [0.1, 0.15) is 4.60 Å². The molecule has 0 aliphatic heterocycles. The highest BCUT2D eigenvalue weighted by molar-refractivity contribution is 9.10. The first kappa shape index (κ1) is 14.7. The average molecular weight is 342 g/mol. The third-order valence-corrected chi connectivity index (χ3v) is 5.35. The highest BCUT2D eigenvalue weighted by atomic mass is 79.9. The van der Waals surface area contributed by atoms with Crippen LogP contribution in [0.5, 0.6) is 0 Å². The largest absolute Gasteiger partial charge is 0.281 e. The quantitative estimate of drug-likeness (QED) is 0.855. The van der Waals surface area contributed by atoms with Crippen LogP contribution in [0.2, 0.25) is 5.02 Å². The molecule has 0 spiro atoms. The summed E-state index contributed by atoms with van der Waals surface area (Å²) in [5.74, 6) is 0.0263. The number of pyridine rings is 1. The first-order valence-electron chi connectivity index (χ1n) is 5.06. The SMILES string of the molecule is CC(C)C(C)S(=O)(=O)Nc1cc(Cl)cnc1Br. The van der Waals surface area contributed by atoms with Gasteiger partial charge in [-0.3, -0.25) is 4.72 Å². The van der Waals surface area contributed by atoms with Gasteiger partial charge in [-0.25, -0.2) is 13.4 Å². The van der Waals surface area contributed by atoms with Gasteiger partial charge in [0, 0.05) is 6.20 Å². The van der Waals surface area contributed by atoms with Crippen LogP contribution in [0.3, 0.4) is 0 Å². The maximum atomic E-state index is 12.0. The van der Waals surface area contributed by atoms with Crippen LogP contribution < -0.4 is 4.72 Å². The standard InChI is InChI=1S/C10H14BrClN2O2S/c1-6(2)7(3)17(15,16)14-9-4-8(12)5-13-10(9)11/h4-7,14H,1-3H3. The predicted octanol–water partition coefficient (Wildman–Crippen LogP) is 3.28.